The maximum Gasteiger partial charge on any atom is 0.353 e. The maximum atomic E-state index is 10.3. The van der Waals surface area contributed by atoms with Crippen LogP contribution >= 0.6 is 0 Å². The van der Waals surface area contributed by atoms with Crippen molar-refractivity contribution in [3.8, 4) is 0 Å². The lowest BCUT2D eigenvalue weighted by Crippen LogP contribution is -2.19. The van der Waals surface area contributed by atoms with Crippen molar-refractivity contribution in [2.45, 2.75) is 6.42 Å². The molecule has 6 nitrogen and oxygen atoms in total. The van der Waals surface area contributed by atoms with Gasteiger partial charge in [-0.15, -0.1) is 0 Å². The molecular weight excluding hydrogens is 166 g/mol. The van der Waals surface area contributed by atoms with Crippen LogP contribution in [0.15, 0.2) is 11.8 Å². The Morgan fingerprint density at radius 3 is 2.42 bits per heavy atom. The Hall–Kier alpha value is -1.56. The Kier molecular flexibility index (Phi) is 4.47. The van der Waals surface area contributed by atoms with Crippen LogP contribution in [0.25, 0.3) is 0 Å². The normalized spacial score (nSPS) is 10.9. The standard InChI is InChI=1S/C6H9NO5/c1-12-7-4(6(10)11)2-3-5(8)9/h2,7H,3H2,1H3,(H,8,9)(H,10,11). The Bertz CT molecular complexity index is 210. The predicted molar refractivity (Wildman–Crippen MR) is 38.1 cm³/mol. The van der Waals surface area contributed by atoms with E-state index in [1.165, 1.54) is 7.11 Å². The van der Waals surface area contributed by atoms with Crippen molar-refractivity contribution in [3.05, 3.63) is 11.8 Å². The van der Waals surface area contributed by atoms with E-state index in [0.29, 0.717) is 0 Å². The van der Waals surface area contributed by atoms with Gasteiger partial charge in [-0.3, -0.25) is 15.1 Å². The molecule has 0 rings (SSSR count). The number of hydroxylamine groups is 1. The summed E-state index contributed by atoms with van der Waals surface area (Å²) in [5.41, 5.74) is 1.74. The van der Waals surface area contributed by atoms with E-state index in [-0.39, 0.29) is 12.1 Å². The maximum absolute atomic E-state index is 10.3. The number of hydrogen-bond acceptors (Lipinski definition) is 4. The summed E-state index contributed by atoms with van der Waals surface area (Å²) in [6.07, 6.45) is 0.645. The van der Waals surface area contributed by atoms with Gasteiger partial charge in [0.15, 0.2) is 0 Å². The van der Waals surface area contributed by atoms with Gasteiger partial charge in [0.1, 0.15) is 5.70 Å². The second-order valence-electron chi connectivity index (χ2n) is 1.83. The second-order valence-corrected chi connectivity index (χ2v) is 1.83. The average Bonchev–Trinajstić information content (AvgIpc) is 1.96. The molecule has 0 spiro atoms. The number of carbonyl (C=O) groups is 2. The van der Waals surface area contributed by atoms with Crippen molar-refractivity contribution < 1.29 is 24.6 Å². The molecule has 0 aromatic carbocycles. The Labute approximate surface area is 68.4 Å². The number of carboxylic acids is 2. The van der Waals surface area contributed by atoms with Crippen molar-refractivity contribution >= 4 is 11.9 Å². The van der Waals surface area contributed by atoms with Crippen LogP contribution in [-0.4, -0.2) is 29.3 Å². The minimum Gasteiger partial charge on any atom is -0.481 e. The third kappa shape index (κ3) is 4.29. The molecule has 0 amide bonds. The highest BCUT2D eigenvalue weighted by Crippen LogP contribution is 1.92. The van der Waals surface area contributed by atoms with Gasteiger partial charge in [0.05, 0.1) is 13.5 Å². The van der Waals surface area contributed by atoms with Gasteiger partial charge < -0.3 is 10.2 Å². The number of hydrogen-bond donors (Lipinski definition) is 3. The summed E-state index contributed by atoms with van der Waals surface area (Å²) in [7, 11) is 1.23. The molecule has 0 unspecified atom stereocenters. The largest absolute Gasteiger partial charge is 0.481 e. The van der Waals surface area contributed by atoms with Gasteiger partial charge in [-0.2, -0.15) is 0 Å². The quantitative estimate of drug-likeness (QED) is 0.388. The van der Waals surface area contributed by atoms with Crippen molar-refractivity contribution in [2.24, 2.45) is 0 Å². The molecule has 0 aliphatic carbocycles. The van der Waals surface area contributed by atoms with E-state index in [2.05, 4.69) is 4.84 Å². The summed E-state index contributed by atoms with van der Waals surface area (Å²) in [4.78, 5) is 24.6. The van der Waals surface area contributed by atoms with E-state index in [1.54, 1.807) is 0 Å². The minimum atomic E-state index is -1.27. The van der Waals surface area contributed by atoms with E-state index in [9.17, 15) is 9.59 Å². The molecule has 0 aromatic heterocycles. The van der Waals surface area contributed by atoms with Gasteiger partial charge in [-0.1, -0.05) is 0 Å². The molecule has 0 atom stereocenters. The van der Waals surface area contributed by atoms with Crippen LogP contribution < -0.4 is 5.48 Å². The minimum absolute atomic E-state index is 0.292. The topological polar surface area (TPSA) is 95.9 Å². The molecule has 0 fully saturated rings. The van der Waals surface area contributed by atoms with Crippen LogP contribution in [0.1, 0.15) is 6.42 Å². The molecule has 6 heteroatoms. The lowest BCUT2D eigenvalue weighted by molar-refractivity contribution is -0.136. The van der Waals surface area contributed by atoms with Gasteiger partial charge >= 0.3 is 11.9 Å². The van der Waals surface area contributed by atoms with Crippen LogP contribution in [0, 0.1) is 0 Å². The third-order valence-electron chi connectivity index (χ3n) is 0.923. The molecule has 3 N–H and O–H groups in total. The number of aliphatic carboxylic acids is 2. The molecule has 0 bridgehead atoms. The summed E-state index contributed by atoms with van der Waals surface area (Å²) in [6.45, 7) is 0. The predicted octanol–water partition coefficient (Wildman–Crippen LogP) is -0.419. The van der Waals surface area contributed by atoms with Crippen LogP contribution in [0.4, 0.5) is 0 Å². The zero-order valence-electron chi connectivity index (χ0n) is 6.40. The molecule has 0 aliphatic rings. The van der Waals surface area contributed by atoms with Gasteiger partial charge in [0.2, 0.25) is 0 Å². The molecule has 0 saturated carbocycles. The van der Waals surface area contributed by atoms with Gasteiger partial charge in [0.25, 0.3) is 0 Å². The second kappa shape index (κ2) is 5.14. The third-order valence-corrected chi connectivity index (χ3v) is 0.923. The van der Waals surface area contributed by atoms with Crippen LogP contribution in [0.2, 0.25) is 0 Å². The molecule has 0 heterocycles. The Balaban J connectivity index is 4.18. The highest BCUT2D eigenvalue weighted by Gasteiger charge is 2.06. The first kappa shape index (κ1) is 10.4. The summed E-state index contributed by atoms with van der Waals surface area (Å²) < 4.78 is 0. The fourth-order valence-corrected chi connectivity index (χ4v) is 0.472. The smallest absolute Gasteiger partial charge is 0.353 e. The lowest BCUT2D eigenvalue weighted by atomic mass is 10.3. The van der Waals surface area contributed by atoms with Gasteiger partial charge in [0, 0.05) is 0 Å². The molecule has 0 aliphatic heterocycles. The molecular formula is C6H9NO5. The molecule has 12 heavy (non-hydrogen) atoms. The van der Waals surface area contributed by atoms with E-state index in [4.69, 9.17) is 10.2 Å². The number of rotatable bonds is 5. The summed E-state index contributed by atoms with van der Waals surface area (Å²) in [5.74, 6) is -2.37. The first-order valence-electron chi connectivity index (χ1n) is 3.02. The van der Waals surface area contributed by atoms with Crippen molar-refractivity contribution in [1.29, 1.82) is 0 Å². The van der Waals surface area contributed by atoms with Crippen LogP contribution in [0.3, 0.4) is 0 Å². The Morgan fingerprint density at radius 1 is 1.50 bits per heavy atom. The zero-order chi connectivity index (χ0) is 9.56. The lowest BCUT2D eigenvalue weighted by Gasteiger charge is -2.01. The first-order chi connectivity index (χ1) is 5.57. The van der Waals surface area contributed by atoms with Crippen LogP contribution in [-0.2, 0) is 14.4 Å². The summed E-state index contributed by atoms with van der Waals surface area (Å²) >= 11 is 0. The van der Waals surface area contributed by atoms with Gasteiger partial charge in [-0.05, 0) is 6.08 Å². The number of nitrogens with one attached hydrogen (secondary N) is 1. The number of carboxylic acid groups (broad SMARTS) is 2. The van der Waals surface area contributed by atoms with E-state index < -0.39 is 11.9 Å². The highest BCUT2D eigenvalue weighted by atomic mass is 16.6. The molecule has 0 aromatic rings. The van der Waals surface area contributed by atoms with E-state index in [1.807, 2.05) is 5.48 Å². The first-order valence-corrected chi connectivity index (χ1v) is 3.02. The monoisotopic (exact) mass is 175 g/mol. The molecule has 0 saturated heterocycles. The van der Waals surface area contributed by atoms with Crippen LogP contribution in [0.5, 0.6) is 0 Å². The summed E-state index contributed by atoms with van der Waals surface area (Å²) in [5, 5.41) is 16.6. The van der Waals surface area contributed by atoms with Crippen molar-refractivity contribution in [1.82, 2.24) is 5.48 Å². The fraction of sp³-hybridized carbons (Fsp3) is 0.333. The fourth-order valence-electron chi connectivity index (χ4n) is 0.472. The summed E-state index contributed by atoms with van der Waals surface area (Å²) in [6, 6.07) is 0. The zero-order valence-corrected chi connectivity index (χ0v) is 6.40. The SMILES string of the molecule is CONC(=CCC(=O)O)C(=O)O. The van der Waals surface area contributed by atoms with Crippen molar-refractivity contribution in [2.75, 3.05) is 7.11 Å². The molecule has 0 radical (unpaired) electrons. The van der Waals surface area contributed by atoms with Crippen molar-refractivity contribution in [3.63, 3.8) is 0 Å². The molecule has 68 valence electrons. The highest BCUT2D eigenvalue weighted by molar-refractivity contribution is 5.86. The average molecular weight is 175 g/mol. The Morgan fingerprint density at radius 2 is 2.08 bits per heavy atom. The van der Waals surface area contributed by atoms with E-state index in [0.717, 1.165) is 6.08 Å². The van der Waals surface area contributed by atoms with Gasteiger partial charge in [-0.25, -0.2) is 4.79 Å². The van der Waals surface area contributed by atoms with E-state index >= 15 is 0 Å².